The Hall–Kier alpha value is -0.720. The number of nitrogens with zero attached hydrogens (tertiary/aromatic N) is 1. The summed E-state index contributed by atoms with van der Waals surface area (Å²) >= 11 is 3.04. The van der Waals surface area contributed by atoms with Gasteiger partial charge in [0.15, 0.2) is 11.6 Å². The van der Waals surface area contributed by atoms with Crippen molar-refractivity contribution in [2.75, 3.05) is 26.2 Å². The maximum Gasteiger partial charge on any atom is 0.201 e. The molecule has 1 heterocycles. The molecule has 20 heavy (non-hydrogen) atoms. The van der Waals surface area contributed by atoms with Gasteiger partial charge in [0, 0.05) is 37.8 Å². The molecule has 3 nitrogen and oxygen atoms in total. The van der Waals surface area contributed by atoms with Crippen molar-refractivity contribution in [2.45, 2.75) is 18.9 Å². The van der Waals surface area contributed by atoms with E-state index in [1.165, 1.54) is 6.07 Å². The van der Waals surface area contributed by atoms with E-state index in [4.69, 9.17) is 0 Å². The second-order valence-corrected chi connectivity index (χ2v) is 6.35. The van der Waals surface area contributed by atoms with Crippen LogP contribution in [0.3, 0.4) is 0 Å². The summed E-state index contributed by atoms with van der Waals surface area (Å²) in [5.74, 6) is -2.30. The summed E-state index contributed by atoms with van der Waals surface area (Å²) in [5, 5.41) is 13.3. The van der Waals surface area contributed by atoms with E-state index < -0.39 is 17.4 Å². The van der Waals surface area contributed by atoms with Gasteiger partial charge in [-0.25, -0.2) is 4.39 Å². The van der Waals surface area contributed by atoms with Crippen LogP contribution in [-0.4, -0.2) is 36.2 Å². The molecule has 1 aromatic rings. The summed E-state index contributed by atoms with van der Waals surface area (Å²) in [4.78, 5) is 2.26. The van der Waals surface area contributed by atoms with Gasteiger partial charge in [0.2, 0.25) is 5.82 Å². The standard InChI is InChI=1S/C14H17BrF2N2O/c15-10-7-9(14(20)12(17)11(10)16)13(8-1-2-8)19-5-3-18-4-6-19/h7-8,13,18,20H,1-6H2/t13-/m1/s1. The predicted molar refractivity (Wildman–Crippen MR) is 75.6 cm³/mol. The Bertz CT molecular complexity index is 516. The molecule has 1 atom stereocenters. The molecule has 6 heteroatoms. The van der Waals surface area contributed by atoms with Gasteiger partial charge in [0.05, 0.1) is 4.47 Å². The van der Waals surface area contributed by atoms with Crippen molar-refractivity contribution in [1.82, 2.24) is 10.2 Å². The minimum absolute atomic E-state index is 0.0245. The van der Waals surface area contributed by atoms with Crippen LogP contribution in [0.5, 0.6) is 5.75 Å². The first-order valence-corrected chi connectivity index (χ1v) is 7.70. The van der Waals surface area contributed by atoms with Gasteiger partial charge in [-0.2, -0.15) is 4.39 Å². The number of aromatic hydroxyl groups is 1. The van der Waals surface area contributed by atoms with Crippen LogP contribution in [0.25, 0.3) is 0 Å². The van der Waals surface area contributed by atoms with Crippen LogP contribution in [-0.2, 0) is 0 Å². The number of hydrogen-bond acceptors (Lipinski definition) is 3. The van der Waals surface area contributed by atoms with Crippen molar-refractivity contribution in [3.8, 4) is 5.75 Å². The zero-order chi connectivity index (χ0) is 14.3. The van der Waals surface area contributed by atoms with E-state index in [-0.39, 0.29) is 10.5 Å². The predicted octanol–water partition coefficient (Wildman–Crippen LogP) is 2.79. The highest BCUT2D eigenvalue weighted by Crippen LogP contribution is 2.48. The molecular formula is C14H17BrF2N2O. The summed E-state index contributed by atoms with van der Waals surface area (Å²) in [6.45, 7) is 3.48. The third-order valence-corrected chi connectivity index (χ3v) is 4.68. The molecule has 0 unspecified atom stereocenters. The molecule has 2 N–H and O–H groups in total. The lowest BCUT2D eigenvalue weighted by molar-refractivity contribution is 0.152. The Kier molecular flexibility index (Phi) is 3.97. The minimum Gasteiger partial charge on any atom is -0.505 e. The third kappa shape index (κ3) is 2.56. The first-order chi connectivity index (χ1) is 9.59. The van der Waals surface area contributed by atoms with Crippen LogP contribution in [0, 0.1) is 17.6 Å². The monoisotopic (exact) mass is 346 g/mol. The zero-order valence-electron chi connectivity index (χ0n) is 11.0. The molecule has 0 aromatic heterocycles. The molecule has 1 aliphatic carbocycles. The van der Waals surface area contributed by atoms with Gasteiger partial charge in [0.1, 0.15) is 0 Å². The second kappa shape index (κ2) is 5.58. The van der Waals surface area contributed by atoms with Crippen molar-refractivity contribution in [3.05, 3.63) is 27.7 Å². The number of phenolic OH excluding ortho intramolecular Hbond substituents is 1. The van der Waals surface area contributed by atoms with Gasteiger partial charge in [-0.3, -0.25) is 4.90 Å². The maximum atomic E-state index is 13.8. The number of piperazine rings is 1. The lowest BCUT2D eigenvalue weighted by Gasteiger charge is -2.35. The molecule has 0 spiro atoms. The lowest BCUT2D eigenvalue weighted by atomic mass is 9.98. The summed E-state index contributed by atoms with van der Waals surface area (Å²) in [6.07, 6.45) is 2.15. The largest absolute Gasteiger partial charge is 0.505 e. The van der Waals surface area contributed by atoms with Crippen molar-refractivity contribution in [1.29, 1.82) is 0 Å². The van der Waals surface area contributed by atoms with E-state index >= 15 is 0 Å². The average Bonchev–Trinajstić information content (AvgIpc) is 3.28. The van der Waals surface area contributed by atoms with Crippen LogP contribution in [0.2, 0.25) is 0 Å². The van der Waals surface area contributed by atoms with Crippen LogP contribution in [0.15, 0.2) is 10.5 Å². The average molecular weight is 347 g/mol. The maximum absolute atomic E-state index is 13.8. The Balaban J connectivity index is 1.99. The topological polar surface area (TPSA) is 35.5 Å². The molecular weight excluding hydrogens is 330 g/mol. The minimum atomic E-state index is -1.16. The number of phenols is 1. The molecule has 110 valence electrons. The van der Waals surface area contributed by atoms with Gasteiger partial charge in [-0.15, -0.1) is 0 Å². The number of hydrogen-bond donors (Lipinski definition) is 2. The van der Waals surface area contributed by atoms with Crippen LogP contribution < -0.4 is 5.32 Å². The van der Waals surface area contributed by atoms with Crippen molar-refractivity contribution in [2.24, 2.45) is 5.92 Å². The van der Waals surface area contributed by atoms with Gasteiger partial charge in [0.25, 0.3) is 0 Å². The number of benzene rings is 1. The fraction of sp³-hybridized carbons (Fsp3) is 0.571. The first-order valence-electron chi connectivity index (χ1n) is 6.90. The summed E-state index contributed by atoms with van der Waals surface area (Å²) < 4.78 is 27.3. The Labute approximate surface area is 125 Å². The Morgan fingerprint density at radius 1 is 1.25 bits per heavy atom. The van der Waals surface area contributed by atoms with Gasteiger partial charge in [-0.05, 0) is 40.8 Å². The Morgan fingerprint density at radius 3 is 2.50 bits per heavy atom. The summed E-state index contributed by atoms with van der Waals surface area (Å²) in [5.41, 5.74) is 0.500. The van der Waals surface area contributed by atoms with Crippen LogP contribution in [0.4, 0.5) is 8.78 Å². The van der Waals surface area contributed by atoms with E-state index in [1.807, 2.05) is 0 Å². The number of halogens is 3. The molecule has 1 aromatic carbocycles. The first kappa shape index (κ1) is 14.2. The zero-order valence-corrected chi connectivity index (χ0v) is 12.6. The molecule has 1 saturated carbocycles. The summed E-state index contributed by atoms with van der Waals surface area (Å²) in [7, 11) is 0. The van der Waals surface area contributed by atoms with Crippen LogP contribution in [0.1, 0.15) is 24.4 Å². The second-order valence-electron chi connectivity index (χ2n) is 5.49. The molecule has 0 radical (unpaired) electrons. The van der Waals surface area contributed by atoms with Gasteiger partial charge < -0.3 is 10.4 Å². The molecule has 2 fully saturated rings. The van der Waals surface area contributed by atoms with E-state index in [0.29, 0.717) is 11.5 Å². The molecule has 0 bridgehead atoms. The SMILES string of the molecule is Oc1c([C@@H](C2CC2)N2CCNCC2)cc(Br)c(F)c1F. The van der Waals surface area contributed by atoms with Gasteiger partial charge in [-0.1, -0.05) is 0 Å². The molecule has 0 amide bonds. The molecule has 2 aliphatic rings. The third-order valence-electron chi connectivity index (χ3n) is 4.10. The van der Waals surface area contributed by atoms with Crippen LogP contribution >= 0.6 is 15.9 Å². The number of nitrogens with one attached hydrogen (secondary N) is 1. The highest BCUT2D eigenvalue weighted by Gasteiger charge is 2.39. The van der Waals surface area contributed by atoms with Crippen molar-refractivity contribution < 1.29 is 13.9 Å². The lowest BCUT2D eigenvalue weighted by Crippen LogP contribution is -2.45. The summed E-state index contributed by atoms with van der Waals surface area (Å²) in [6, 6.07) is 1.50. The van der Waals surface area contributed by atoms with Gasteiger partial charge >= 0.3 is 0 Å². The smallest absolute Gasteiger partial charge is 0.201 e. The van der Waals surface area contributed by atoms with Crippen molar-refractivity contribution in [3.63, 3.8) is 0 Å². The molecule has 3 rings (SSSR count). The highest BCUT2D eigenvalue weighted by atomic mass is 79.9. The molecule has 1 saturated heterocycles. The van der Waals surface area contributed by atoms with Crippen molar-refractivity contribution >= 4 is 15.9 Å². The quantitative estimate of drug-likeness (QED) is 0.826. The van der Waals surface area contributed by atoms with E-state index in [9.17, 15) is 13.9 Å². The molecule has 1 aliphatic heterocycles. The van der Waals surface area contributed by atoms with E-state index in [2.05, 4.69) is 26.1 Å². The Morgan fingerprint density at radius 2 is 1.90 bits per heavy atom. The normalized spacial score (nSPS) is 21.9. The van der Waals surface area contributed by atoms with E-state index in [0.717, 1.165) is 39.0 Å². The number of rotatable bonds is 3. The fourth-order valence-corrected chi connectivity index (χ4v) is 3.37. The van der Waals surface area contributed by atoms with E-state index in [1.54, 1.807) is 0 Å². The fourth-order valence-electron chi connectivity index (χ4n) is 2.95. The highest BCUT2D eigenvalue weighted by molar-refractivity contribution is 9.10.